The third kappa shape index (κ3) is 6.86. The van der Waals surface area contributed by atoms with E-state index in [1.54, 1.807) is 18.7 Å². The van der Waals surface area contributed by atoms with E-state index >= 15 is 4.39 Å². The molecule has 3 saturated heterocycles. The van der Waals surface area contributed by atoms with Crippen LogP contribution in [0.5, 0.6) is 0 Å². The number of halogens is 1. The third-order valence-electron chi connectivity index (χ3n) is 12.4. The maximum Gasteiger partial charge on any atom is 0.255 e. The summed E-state index contributed by atoms with van der Waals surface area (Å²) in [6.45, 7) is 12.9. The van der Waals surface area contributed by atoms with E-state index in [-0.39, 0.29) is 36.2 Å². The van der Waals surface area contributed by atoms with Crippen molar-refractivity contribution in [2.75, 3.05) is 62.2 Å². The van der Waals surface area contributed by atoms with Gasteiger partial charge in [-0.3, -0.25) is 29.5 Å². The molecule has 0 spiro atoms. The van der Waals surface area contributed by atoms with Crippen LogP contribution in [0.15, 0.2) is 54.9 Å². The highest BCUT2D eigenvalue weighted by Crippen LogP contribution is 2.42. The zero-order valence-corrected chi connectivity index (χ0v) is 31.9. The Morgan fingerprint density at radius 3 is 2.47 bits per heavy atom. The monoisotopic (exact) mass is 747 g/mol. The number of anilines is 2. The molecule has 0 bridgehead atoms. The number of carbonyl (C=O) groups is 3. The second-order valence-corrected chi connectivity index (χ2v) is 16.9. The number of fused-ring (bicyclic) bond motifs is 4. The van der Waals surface area contributed by atoms with E-state index < -0.39 is 11.7 Å². The maximum absolute atomic E-state index is 15.2. The number of piperazine rings is 1. The fourth-order valence-electron chi connectivity index (χ4n) is 9.45. The van der Waals surface area contributed by atoms with Gasteiger partial charge in [-0.25, -0.2) is 14.4 Å². The lowest BCUT2D eigenvalue weighted by molar-refractivity contribution is -0.136. The Balaban J connectivity index is 0.774. The minimum absolute atomic E-state index is 0.136. The van der Waals surface area contributed by atoms with Crippen molar-refractivity contribution in [1.82, 2.24) is 35.0 Å². The Bertz CT molecular complexity index is 2120. The number of H-pyrrole nitrogens is 1. The smallest absolute Gasteiger partial charge is 0.255 e. The molecule has 9 rings (SSSR count). The van der Waals surface area contributed by atoms with Gasteiger partial charge in [0.05, 0.1) is 6.04 Å². The minimum Gasteiger partial charge on any atom is -0.369 e. The molecule has 1 unspecified atom stereocenters. The number of nitrogens with zero attached hydrogens (tertiary/aromatic N) is 7. The molecule has 0 aliphatic carbocycles. The van der Waals surface area contributed by atoms with Gasteiger partial charge in [-0.15, -0.1) is 0 Å². The molecule has 3 atom stereocenters. The van der Waals surface area contributed by atoms with Crippen LogP contribution >= 0.6 is 0 Å². The lowest BCUT2D eigenvalue weighted by Gasteiger charge is -2.43. The number of carbonyl (C=O) groups excluding carboxylic acids is 3. The summed E-state index contributed by atoms with van der Waals surface area (Å²) in [5, 5.41) is 3.61. The number of piperidine rings is 1. The molecular weight excluding hydrogens is 698 g/mol. The van der Waals surface area contributed by atoms with Gasteiger partial charge in [0.2, 0.25) is 17.8 Å². The first-order valence-electron chi connectivity index (χ1n) is 19.8. The number of aromatic amines is 1. The summed E-state index contributed by atoms with van der Waals surface area (Å²) in [6, 6.07) is 13.8. The molecule has 5 aliphatic rings. The summed E-state index contributed by atoms with van der Waals surface area (Å²) in [7, 11) is 0. The molecular formula is C42H50FN9O3. The minimum atomic E-state index is -1.34. The molecule has 13 heteroatoms. The Labute approximate surface area is 321 Å². The van der Waals surface area contributed by atoms with Crippen molar-refractivity contribution in [3.05, 3.63) is 82.8 Å². The van der Waals surface area contributed by atoms with Crippen LogP contribution in [0, 0.1) is 5.92 Å². The van der Waals surface area contributed by atoms with E-state index in [0.717, 1.165) is 92.6 Å². The highest BCUT2D eigenvalue weighted by atomic mass is 19.1. The second-order valence-electron chi connectivity index (χ2n) is 16.9. The van der Waals surface area contributed by atoms with Crippen molar-refractivity contribution >= 4 is 40.3 Å². The van der Waals surface area contributed by atoms with Crippen molar-refractivity contribution in [3.63, 3.8) is 0 Å². The molecule has 0 saturated carbocycles. The lowest BCUT2D eigenvalue weighted by atomic mass is 9.88. The molecule has 0 radical (unpaired) electrons. The van der Waals surface area contributed by atoms with E-state index in [1.807, 2.05) is 30.6 Å². The van der Waals surface area contributed by atoms with Gasteiger partial charge >= 0.3 is 0 Å². The summed E-state index contributed by atoms with van der Waals surface area (Å²) in [6.07, 6.45) is 6.50. The van der Waals surface area contributed by atoms with E-state index in [4.69, 9.17) is 9.97 Å². The molecule has 2 aromatic heterocycles. The Hall–Kier alpha value is -4.88. The molecule has 2 N–H and O–H groups in total. The normalized spacial score (nSPS) is 24.0. The van der Waals surface area contributed by atoms with E-state index in [1.165, 1.54) is 10.9 Å². The van der Waals surface area contributed by atoms with Crippen LogP contribution in [0.4, 0.5) is 16.0 Å². The highest BCUT2D eigenvalue weighted by Gasteiger charge is 2.41. The van der Waals surface area contributed by atoms with Crippen molar-refractivity contribution in [2.45, 2.75) is 76.8 Å². The molecule has 2 aromatic carbocycles. The zero-order chi connectivity index (χ0) is 38.0. The largest absolute Gasteiger partial charge is 0.369 e. The predicted molar refractivity (Wildman–Crippen MR) is 209 cm³/mol. The maximum atomic E-state index is 15.2. The summed E-state index contributed by atoms with van der Waals surface area (Å²) in [5.41, 5.74) is 5.86. The summed E-state index contributed by atoms with van der Waals surface area (Å²) >= 11 is 0. The van der Waals surface area contributed by atoms with E-state index in [2.05, 4.69) is 61.1 Å². The Morgan fingerprint density at radius 2 is 1.73 bits per heavy atom. The van der Waals surface area contributed by atoms with Crippen LogP contribution in [0.1, 0.15) is 78.8 Å². The van der Waals surface area contributed by atoms with Gasteiger partial charge in [-0.1, -0.05) is 18.2 Å². The Morgan fingerprint density at radius 1 is 0.964 bits per heavy atom. The molecule has 4 aromatic rings. The predicted octanol–water partition coefficient (Wildman–Crippen LogP) is 4.45. The molecule has 288 valence electrons. The number of para-hydroxylation sites is 1. The van der Waals surface area contributed by atoms with Crippen LogP contribution in [0.3, 0.4) is 0 Å². The number of benzene rings is 2. The second kappa shape index (κ2) is 14.0. The molecule has 12 nitrogen and oxygen atoms in total. The van der Waals surface area contributed by atoms with Crippen LogP contribution in [0.2, 0.25) is 0 Å². The summed E-state index contributed by atoms with van der Waals surface area (Å²) in [4.78, 5) is 61.6. The van der Waals surface area contributed by atoms with Gasteiger partial charge in [0.15, 0.2) is 0 Å². The van der Waals surface area contributed by atoms with Crippen molar-refractivity contribution in [3.8, 4) is 0 Å². The molecule has 5 aliphatic heterocycles. The SMILES string of the molecule is C[C@@H]1Cc2c([nH]c3ccccc23)[C@@H](c2cnc(N3CC(CCN4CCN(c5ccc6c(c5)CN(C5CCC(=O)NC5=O)C6=O)CC4)C3)nc2)N1CC(C)(C)F. The number of aromatic nitrogens is 3. The quantitative estimate of drug-likeness (QED) is 0.240. The summed E-state index contributed by atoms with van der Waals surface area (Å²) < 4.78 is 15.2. The van der Waals surface area contributed by atoms with E-state index in [9.17, 15) is 14.4 Å². The number of hydrogen-bond acceptors (Lipinski definition) is 9. The van der Waals surface area contributed by atoms with Crippen LogP contribution in [0.25, 0.3) is 10.9 Å². The molecule has 7 heterocycles. The van der Waals surface area contributed by atoms with Gasteiger partial charge in [-0.2, -0.15) is 0 Å². The number of imide groups is 1. The molecule has 3 fully saturated rings. The van der Waals surface area contributed by atoms with Gasteiger partial charge in [0, 0.05) is 111 Å². The highest BCUT2D eigenvalue weighted by molar-refractivity contribution is 6.05. The summed E-state index contributed by atoms with van der Waals surface area (Å²) in [5.74, 6) is 0.555. The first-order chi connectivity index (χ1) is 26.5. The van der Waals surface area contributed by atoms with Crippen LogP contribution < -0.4 is 15.1 Å². The molecule has 3 amide bonds. The number of nitrogens with one attached hydrogen (secondary N) is 2. The first-order valence-corrected chi connectivity index (χ1v) is 19.8. The van der Waals surface area contributed by atoms with Crippen molar-refractivity contribution in [1.29, 1.82) is 0 Å². The third-order valence-corrected chi connectivity index (χ3v) is 12.4. The van der Waals surface area contributed by atoms with Gasteiger partial charge in [0.1, 0.15) is 11.7 Å². The standard InChI is InChI=1S/C42H50FN9O3/c1-26-18-33-32-6-4-5-7-34(32)46-37(33)38(52(26)25-42(2,3)43)29-20-44-41(45-21-29)50-22-27(23-50)12-13-48-14-16-49(17-15-48)30-8-9-31-28(19-30)24-51(40(31)55)35-10-11-36(53)47-39(35)54/h4-9,19-21,26-27,35,38,46H,10-18,22-25H2,1-3H3,(H,47,53,54)/t26-,35?,38-/m1/s1. The number of rotatable bonds is 9. The zero-order valence-electron chi connectivity index (χ0n) is 31.9. The lowest BCUT2D eigenvalue weighted by Crippen LogP contribution is -2.52. The number of alkyl halides is 1. The van der Waals surface area contributed by atoms with Gasteiger partial charge < -0.3 is 19.7 Å². The fourth-order valence-corrected chi connectivity index (χ4v) is 9.45. The first kappa shape index (κ1) is 35.8. The van der Waals surface area contributed by atoms with Crippen LogP contribution in [-0.2, 0) is 22.6 Å². The average molecular weight is 748 g/mol. The topological polar surface area (TPSA) is 121 Å². The number of amides is 3. The fraction of sp³-hybridized carbons (Fsp3) is 0.500. The average Bonchev–Trinajstić information content (AvgIpc) is 3.67. The van der Waals surface area contributed by atoms with Crippen molar-refractivity contribution < 1.29 is 18.8 Å². The number of hydrogen-bond donors (Lipinski definition) is 2. The molecule has 55 heavy (non-hydrogen) atoms. The van der Waals surface area contributed by atoms with Gasteiger partial charge in [0.25, 0.3) is 5.91 Å². The van der Waals surface area contributed by atoms with Crippen molar-refractivity contribution in [2.24, 2.45) is 5.92 Å². The van der Waals surface area contributed by atoms with E-state index in [0.29, 0.717) is 31.0 Å². The van der Waals surface area contributed by atoms with Crippen LogP contribution in [-0.4, -0.2) is 117 Å². The van der Waals surface area contributed by atoms with Gasteiger partial charge in [-0.05, 0) is 87.9 Å². The Kier molecular flexibility index (Phi) is 9.12.